The van der Waals surface area contributed by atoms with Gasteiger partial charge in [0.1, 0.15) is 16.7 Å². The van der Waals surface area contributed by atoms with Gasteiger partial charge < -0.3 is 10.1 Å². The van der Waals surface area contributed by atoms with E-state index in [4.69, 9.17) is 10.00 Å². The predicted molar refractivity (Wildman–Crippen MR) is 85.6 cm³/mol. The average molecular weight is 339 g/mol. The number of ether oxygens (including phenoxy) is 1. The van der Waals surface area contributed by atoms with Gasteiger partial charge in [0.15, 0.2) is 0 Å². The molecule has 0 fully saturated rings. The molecule has 8 heteroatoms. The number of carbonyl (C=O) groups excluding carboxylic acids is 1. The quantitative estimate of drug-likeness (QED) is 0.809. The number of sulfonamides is 1. The van der Waals surface area contributed by atoms with Crippen LogP contribution in [0.2, 0.25) is 0 Å². The molecule has 0 saturated carbocycles. The van der Waals surface area contributed by atoms with E-state index in [1.807, 2.05) is 13.0 Å². The van der Waals surface area contributed by atoms with E-state index in [1.54, 1.807) is 0 Å². The maximum atomic E-state index is 12.3. The molecule has 1 atom stereocenters. The number of carbonyl (C=O) groups is 1. The lowest BCUT2D eigenvalue weighted by molar-refractivity contribution is 0.0943. The molecule has 126 valence electrons. The van der Waals surface area contributed by atoms with Crippen LogP contribution >= 0.6 is 0 Å². The summed E-state index contributed by atoms with van der Waals surface area (Å²) in [7, 11) is 0.396. The van der Waals surface area contributed by atoms with Crippen LogP contribution in [0.15, 0.2) is 23.1 Å². The summed E-state index contributed by atoms with van der Waals surface area (Å²) in [5.74, 6) is -0.344. The second kappa shape index (κ2) is 7.94. The second-order valence-corrected chi connectivity index (χ2v) is 7.22. The maximum Gasteiger partial charge on any atom is 0.252 e. The van der Waals surface area contributed by atoms with Gasteiger partial charge >= 0.3 is 0 Å². The van der Waals surface area contributed by atoms with E-state index < -0.39 is 22.0 Å². The fourth-order valence-electron chi connectivity index (χ4n) is 1.92. The number of methoxy groups -OCH3 is 1. The van der Waals surface area contributed by atoms with Crippen LogP contribution in [0.4, 0.5) is 0 Å². The molecule has 0 bridgehead atoms. The van der Waals surface area contributed by atoms with E-state index in [-0.39, 0.29) is 16.2 Å². The van der Waals surface area contributed by atoms with Crippen molar-refractivity contribution >= 4 is 15.9 Å². The van der Waals surface area contributed by atoms with E-state index in [1.165, 1.54) is 39.4 Å². The van der Waals surface area contributed by atoms with Crippen molar-refractivity contribution in [1.29, 1.82) is 5.26 Å². The number of hydrogen-bond donors (Lipinski definition) is 1. The van der Waals surface area contributed by atoms with Crippen molar-refractivity contribution in [2.45, 2.75) is 30.7 Å². The van der Waals surface area contributed by atoms with E-state index in [9.17, 15) is 13.2 Å². The third kappa shape index (κ3) is 4.43. The zero-order valence-corrected chi connectivity index (χ0v) is 14.5. The summed E-state index contributed by atoms with van der Waals surface area (Å²) in [6, 6.07) is 5.54. The van der Waals surface area contributed by atoms with Gasteiger partial charge in [-0.25, -0.2) is 12.7 Å². The van der Waals surface area contributed by atoms with Crippen LogP contribution in [-0.2, 0) is 10.0 Å². The van der Waals surface area contributed by atoms with Crippen LogP contribution in [-0.4, -0.2) is 45.9 Å². The Kier molecular flexibility index (Phi) is 6.54. The summed E-state index contributed by atoms with van der Waals surface area (Å²) in [5, 5.41) is 11.6. The lowest BCUT2D eigenvalue weighted by atomic mass is 10.1. The van der Waals surface area contributed by atoms with E-state index in [2.05, 4.69) is 5.32 Å². The molecular weight excluding hydrogens is 318 g/mol. The summed E-state index contributed by atoms with van der Waals surface area (Å²) in [6.07, 6.45) is 1.28. The molecule has 0 aliphatic rings. The van der Waals surface area contributed by atoms with Gasteiger partial charge in [-0.1, -0.05) is 13.3 Å². The summed E-state index contributed by atoms with van der Waals surface area (Å²) in [6.45, 7) is 1.91. The van der Waals surface area contributed by atoms with Crippen LogP contribution in [0.1, 0.15) is 30.1 Å². The molecular formula is C15H21N3O4S. The van der Waals surface area contributed by atoms with E-state index >= 15 is 0 Å². The van der Waals surface area contributed by atoms with Crippen molar-refractivity contribution in [3.63, 3.8) is 0 Å². The van der Waals surface area contributed by atoms with Gasteiger partial charge in [-0.05, 0) is 24.6 Å². The summed E-state index contributed by atoms with van der Waals surface area (Å²) in [4.78, 5) is 12.1. The van der Waals surface area contributed by atoms with Crippen molar-refractivity contribution in [1.82, 2.24) is 9.62 Å². The highest BCUT2D eigenvalue weighted by Gasteiger charge is 2.24. The number of benzene rings is 1. The monoisotopic (exact) mass is 339 g/mol. The molecule has 0 heterocycles. The normalized spacial score (nSPS) is 12.5. The summed E-state index contributed by atoms with van der Waals surface area (Å²) < 4.78 is 30.8. The Bertz CT molecular complexity index is 708. The predicted octanol–water partition coefficient (Wildman–Crippen LogP) is 1.37. The van der Waals surface area contributed by atoms with E-state index in [0.29, 0.717) is 6.42 Å². The number of hydrogen-bond acceptors (Lipinski definition) is 5. The average Bonchev–Trinajstić information content (AvgIpc) is 2.53. The minimum Gasteiger partial charge on any atom is -0.495 e. The summed E-state index contributed by atoms with van der Waals surface area (Å²) in [5.41, 5.74) is 0.155. The lowest BCUT2D eigenvalue weighted by Crippen LogP contribution is -2.33. The molecule has 7 nitrogen and oxygen atoms in total. The molecule has 0 spiro atoms. The highest BCUT2D eigenvalue weighted by atomic mass is 32.2. The first kappa shape index (κ1) is 18.9. The molecule has 0 aromatic heterocycles. The molecule has 0 aliphatic heterocycles. The fourth-order valence-corrected chi connectivity index (χ4v) is 2.99. The molecule has 0 saturated heterocycles. The molecule has 1 aromatic rings. The highest BCUT2D eigenvalue weighted by Crippen LogP contribution is 2.26. The minimum absolute atomic E-state index is 0.0957. The van der Waals surface area contributed by atoms with Gasteiger partial charge in [-0.3, -0.25) is 4.79 Å². The SMILES string of the molecule is CCCC(C#N)NC(=O)c1ccc(OC)c(S(=O)(=O)N(C)C)c1. The van der Waals surface area contributed by atoms with Crippen LogP contribution in [0.25, 0.3) is 0 Å². The Hall–Kier alpha value is -2.11. The Labute approximate surface area is 136 Å². The topological polar surface area (TPSA) is 99.5 Å². The second-order valence-electron chi connectivity index (χ2n) is 5.10. The van der Waals surface area contributed by atoms with Gasteiger partial charge in [0.2, 0.25) is 10.0 Å². The Balaban J connectivity index is 3.21. The van der Waals surface area contributed by atoms with Gasteiger partial charge in [0, 0.05) is 19.7 Å². The first-order valence-corrected chi connectivity index (χ1v) is 8.53. The number of nitriles is 1. The van der Waals surface area contributed by atoms with Gasteiger partial charge in [0.25, 0.3) is 5.91 Å². The van der Waals surface area contributed by atoms with Gasteiger partial charge in [-0.2, -0.15) is 5.26 Å². The minimum atomic E-state index is -3.76. The van der Waals surface area contributed by atoms with Crippen molar-refractivity contribution in [2.24, 2.45) is 0 Å². The third-order valence-electron chi connectivity index (χ3n) is 3.22. The van der Waals surface area contributed by atoms with Crippen molar-refractivity contribution in [3.8, 4) is 11.8 Å². The Morgan fingerprint density at radius 1 is 1.43 bits per heavy atom. The maximum absolute atomic E-state index is 12.3. The first-order valence-electron chi connectivity index (χ1n) is 7.09. The molecule has 23 heavy (non-hydrogen) atoms. The molecule has 0 radical (unpaired) electrons. The molecule has 1 rings (SSSR count). The molecule has 1 N–H and O–H groups in total. The molecule has 1 unspecified atom stereocenters. The largest absolute Gasteiger partial charge is 0.495 e. The number of nitrogens with one attached hydrogen (secondary N) is 1. The standard InChI is InChI=1S/C15H21N3O4S/c1-5-6-12(10-16)17-15(19)11-7-8-13(22-4)14(9-11)23(20,21)18(2)3/h7-9,12H,5-6H2,1-4H3,(H,17,19). The number of rotatable bonds is 7. The van der Waals surface area contributed by atoms with Crippen molar-refractivity contribution in [3.05, 3.63) is 23.8 Å². The van der Waals surface area contributed by atoms with Crippen LogP contribution in [0.3, 0.4) is 0 Å². The fraction of sp³-hybridized carbons (Fsp3) is 0.467. The first-order chi connectivity index (χ1) is 10.8. The van der Waals surface area contributed by atoms with Gasteiger partial charge in [0.05, 0.1) is 13.2 Å². The Morgan fingerprint density at radius 2 is 2.09 bits per heavy atom. The van der Waals surface area contributed by atoms with Crippen LogP contribution < -0.4 is 10.1 Å². The van der Waals surface area contributed by atoms with Gasteiger partial charge in [-0.15, -0.1) is 0 Å². The van der Waals surface area contributed by atoms with Crippen LogP contribution in [0.5, 0.6) is 5.75 Å². The lowest BCUT2D eigenvalue weighted by Gasteiger charge is -2.16. The van der Waals surface area contributed by atoms with E-state index in [0.717, 1.165) is 10.7 Å². The molecule has 1 aromatic carbocycles. The van der Waals surface area contributed by atoms with Crippen LogP contribution in [0, 0.1) is 11.3 Å². The number of amides is 1. The third-order valence-corrected chi connectivity index (χ3v) is 5.06. The zero-order valence-electron chi connectivity index (χ0n) is 13.7. The summed E-state index contributed by atoms with van der Waals surface area (Å²) >= 11 is 0. The smallest absolute Gasteiger partial charge is 0.252 e. The zero-order chi connectivity index (χ0) is 17.6. The molecule has 1 amide bonds. The number of nitrogens with zero attached hydrogens (tertiary/aromatic N) is 2. The van der Waals surface area contributed by atoms with Crippen molar-refractivity contribution < 1.29 is 17.9 Å². The van der Waals surface area contributed by atoms with Crippen molar-refractivity contribution in [2.75, 3.05) is 21.2 Å². The highest BCUT2D eigenvalue weighted by molar-refractivity contribution is 7.89. The Morgan fingerprint density at radius 3 is 2.57 bits per heavy atom. The molecule has 0 aliphatic carbocycles.